The largest absolute Gasteiger partial charge is 0.382 e. The van der Waals surface area contributed by atoms with Crippen molar-refractivity contribution in [2.24, 2.45) is 4.99 Å². The maximum absolute atomic E-state index is 12.3. The molecular formula is C17H21F2N3O3S2. The van der Waals surface area contributed by atoms with Crippen LogP contribution in [-0.2, 0) is 14.3 Å². The van der Waals surface area contributed by atoms with E-state index >= 15 is 0 Å². The summed E-state index contributed by atoms with van der Waals surface area (Å²) in [5.41, 5.74) is 0.492. The third kappa shape index (κ3) is 7.86. The summed E-state index contributed by atoms with van der Waals surface area (Å²) in [4.78, 5) is 28.8. The van der Waals surface area contributed by atoms with Crippen LogP contribution in [0.2, 0.25) is 0 Å². The van der Waals surface area contributed by atoms with Gasteiger partial charge in [-0.15, -0.1) is 0 Å². The van der Waals surface area contributed by atoms with E-state index in [0.717, 1.165) is 6.42 Å². The molecule has 1 aromatic carbocycles. The van der Waals surface area contributed by atoms with Crippen LogP contribution in [0.5, 0.6) is 0 Å². The van der Waals surface area contributed by atoms with E-state index in [-0.39, 0.29) is 18.2 Å². The van der Waals surface area contributed by atoms with Gasteiger partial charge in [0.15, 0.2) is 5.17 Å². The monoisotopic (exact) mass is 417 g/mol. The fraction of sp³-hybridized carbons (Fsp3) is 0.471. The topological polar surface area (TPSA) is 79.8 Å². The van der Waals surface area contributed by atoms with Gasteiger partial charge in [-0.2, -0.15) is 8.78 Å². The summed E-state index contributed by atoms with van der Waals surface area (Å²) in [5, 5.41) is 5.31. The first kappa shape index (κ1) is 21.6. The molecule has 27 heavy (non-hydrogen) atoms. The Kier molecular flexibility index (Phi) is 9.02. The normalized spacial score (nSPS) is 18.1. The lowest BCUT2D eigenvalue weighted by Crippen LogP contribution is -2.28. The second-order valence-corrected chi connectivity index (χ2v) is 7.74. The van der Waals surface area contributed by atoms with Crippen LogP contribution < -0.4 is 10.6 Å². The minimum Gasteiger partial charge on any atom is -0.382 e. The molecule has 148 valence electrons. The fourth-order valence-corrected chi connectivity index (χ4v) is 3.70. The summed E-state index contributed by atoms with van der Waals surface area (Å²) in [6.07, 6.45) is 0.765. The fourth-order valence-electron chi connectivity index (χ4n) is 2.21. The molecule has 2 rings (SSSR count). The first-order valence-electron chi connectivity index (χ1n) is 8.42. The molecule has 1 heterocycles. The van der Waals surface area contributed by atoms with Crippen molar-refractivity contribution in [3.63, 3.8) is 0 Å². The number of ether oxygens (including phenoxy) is 1. The molecule has 0 unspecified atom stereocenters. The summed E-state index contributed by atoms with van der Waals surface area (Å²) < 4.78 is 29.8. The van der Waals surface area contributed by atoms with Crippen molar-refractivity contribution in [3.8, 4) is 0 Å². The number of rotatable bonds is 10. The number of hydrogen-bond donors (Lipinski definition) is 2. The highest BCUT2D eigenvalue weighted by Gasteiger charge is 2.31. The van der Waals surface area contributed by atoms with Crippen LogP contribution in [0, 0.1) is 0 Å². The second kappa shape index (κ2) is 11.3. The molecule has 6 nitrogen and oxygen atoms in total. The summed E-state index contributed by atoms with van der Waals surface area (Å²) in [5.74, 6) is -3.06. The molecule has 2 N–H and O–H groups in total. The molecule has 0 aromatic heterocycles. The lowest BCUT2D eigenvalue weighted by Gasteiger charge is -2.08. The third-order valence-electron chi connectivity index (χ3n) is 3.42. The highest BCUT2D eigenvalue weighted by Crippen LogP contribution is 2.27. The van der Waals surface area contributed by atoms with Crippen LogP contribution >= 0.6 is 23.5 Å². The minimum atomic E-state index is -2.49. The number of nitrogens with zero attached hydrogens (tertiary/aromatic N) is 1. The van der Waals surface area contributed by atoms with Gasteiger partial charge in [0.1, 0.15) is 5.25 Å². The van der Waals surface area contributed by atoms with Crippen molar-refractivity contribution < 1.29 is 23.1 Å². The summed E-state index contributed by atoms with van der Waals surface area (Å²) in [6.45, 7) is 3.75. The molecule has 1 aliphatic rings. The Morgan fingerprint density at radius 2 is 2.15 bits per heavy atom. The number of carbonyl (C=O) groups excluding carboxylic acids is 2. The van der Waals surface area contributed by atoms with Crippen molar-refractivity contribution >= 4 is 46.2 Å². The Bertz CT molecular complexity index is 672. The molecule has 1 aromatic rings. The lowest BCUT2D eigenvalue weighted by atomic mass is 10.2. The zero-order valence-electron chi connectivity index (χ0n) is 14.7. The van der Waals surface area contributed by atoms with Gasteiger partial charge in [0.2, 0.25) is 11.8 Å². The van der Waals surface area contributed by atoms with Gasteiger partial charge in [-0.25, -0.2) is 0 Å². The van der Waals surface area contributed by atoms with E-state index in [1.807, 2.05) is 6.92 Å². The first-order valence-corrected chi connectivity index (χ1v) is 10.2. The smallest absolute Gasteiger partial charge is 0.288 e. The average Bonchev–Trinajstić information content (AvgIpc) is 2.95. The number of amidine groups is 1. The van der Waals surface area contributed by atoms with E-state index in [0.29, 0.717) is 47.3 Å². The summed E-state index contributed by atoms with van der Waals surface area (Å²) >= 11 is 1.67. The molecular weight excluding hydrogens is 396 g/mol. The number of anilines is 1. The van der Waals surface area contributed by atoms with Crippen molar-refractivity contribution in [2.75, 3.05) is 25.1 Å². The van der Waals surface area contributed by atoms with Gasteiger partial charge in [-0.05, 0) is 37.6 Å². The van der Waals surface area contributed by atoms with Crippen LogP contribution in [-0.4, -0.2) is 47.7 Å². The molecule has 1 atom stereocenters. The van der Waals surface area contributed by atoms with Crippen LogP contribution in [0.25, 0.3) is 0 Å². The average molecular weight is 418 g/mol. The zero-order chi connectivity index (χ0) is 19.6. The summed E-state index contributed by atoms with van der Waals surface area (Å²) in [6, 6.07) is 6.12. The van der Waals surface area contributed by atoms with Gasteiger partial charge >= 0.3 is 0 Å². The molecule has 1 fully saturated rings. The number of aliphatic imine (C=N–C) groups is 1. The number of alkyl halides is 2. The predicted octanol–water partition coefficient (Wildman–Crippen LogP) is 3.34. The Morgan fingerprint density at radius 3 is 2.81 bits per heavy atom. The SMILES string of the molecule is CCOCCCN=C1NC(=O)[C@@H](CC(=O)Nc2ccc(SC(F)F)cc2)S1. The highest BCUT2D eigenvalue weighted by molar-refractivity contribution is 8.15. The molecule has 0 radical (unpaired) electrons. The van der Waals surface area contributed by atoms with Crippen LogP contribution in [0.15, 0.2) is 34.2 Å². The molecule has 0 bridgehead atoms. The number of hydrogen-bond acceptors (Lipinski definition) is 6. The quantitative estimate of drug-likeness (QED) is 0.451. The van der Waals surface area contributed by atoms with E-state index in [2.05, 4.69) is 15.6 Å². The van der Waals surface area contributed by atoms with Crippen molar-refractivity contribution in [1.82, 2.24) is 5.32 Å². The van der Waals surface area contributed by atoms with E-state index < -0.39 is 11.0 Å². The van der Waals surface area contributed by atoms with Crippen LogP contribution in [0.4, 0.5) is 14.5 Å². The summed E-state index contributed by atoms with van der Waals surface area (Å²) in [7, 11) is 0. The van der Waals surface area contributed by atoms with Gasteiger partial charge in [0, 0.05) is 36.8 Å². The molecule has 1 saturated heterocycles. The molecule has 0 spiro atoms. The van der Waals surface area contributed by atoms with Crippen LogP contribution in [0.3, 0.4) is 0 Å². The molecule has 10 heteroatoms. The highest BCUT2D eigenvalue weighted by atomic mass is 32.2. The molecule has 1 aliphatic heterocycles. The van der Waals surface area contributed by atoms with Gasteiger partial charge in [0.05, 0.1) is 0 Å². The third-order valence-corrected chi connectivity index (χ3v) is 5.26. The molecule has 0 saturated carbocycles. The van der Waals surface area contributed by atoms with E-state index in [1.54, 1.807) is 12.1 Å². The van der Waals surface area contributed by atoms with E-state index in [1.165, 1.54) is 23.9 Å². The number of nitrogens with one attached hydrogen (secondary N) is 2. The van der Waals surface area contributed by atoms with Gasteiger partial charge < -0.3 is 15.4 Å². The van der Waals surface area contributed by atoms with Gasteiger partial charge in [-0.1, -0.05) is 23.5 Å². The maximum Gasteiger partial charge on any atom is 0.288 e. The van der Waals surface area contributed by atoms with Gasteiger partial charge in [-0.3, -0.25) is 14.6 Å². The van der Waals surface area contributed by atoms with E-state index in [9.17, 15) is 18.4 Å². The number of benzene rings is 1. The molecule has 2 amide bonds. The van der Waals surface area contributed by atoms with Crippen molar-refractivity contribution in [2.45, 2.75) is 35.7 Å². The number of carbonyl (C=O) groups is 2. The van der Waals surface area contributed by atoms with Crippen molar-refractivity contribution in [1.29, 1.82) is 0 Å². The predicted molar refractivity (Wildman–Crippen MR) is 104 cm³/mol. The Labute approximate surface area is 164 Å². The number of thioether (sulfide) groups is 2. The first-order chi connectivity index (χ1) is 13.0. The van der Waals surface area contributed by atoms with Crippen LogP contribution in [0.1, 0.15) is 19.8 Å². The zero-order valence-corrected chi connectivity index (χ0v) is 16.4. The van der Waals surface area contributed by atoms with Gasteiger partial charge in [0.25, 0.3) is 5.76 Å². The molecule has 0 aliphatic carbocycles. The number of amides is 2. The Balaban J connectivity index is 1.78. The lowest BCUT2D eigenvalue weighted by molar-refractivity contribution is -0.122. The Hall–Kier alpha value is -1.65. The Morgan fingerprint density at radius 1 is 1.41 bits per heavy atom. The maximum atomic E-state index is 12.3. The second-order valence-electron chi connectivity index (χ2n) is 5.49. The standard InChI is InChI=1S/C17H21F2N3O3S2/c1-2-25-9-3-8-20-17-22-15(24)13(27-17)10-14(23)21-11-4-6-12(7-5-11)26-16(18)19/h4-7,13,16H,2-3,8-10H2,1H3,(H,21,23)(H,20,22,24)/t13-/m1/s1. The van der Waals surface area contributed by atoms with Crippen molar-refractivity contribution in [3.05, 3.63) is 24.3 Å². The van der Waals surface area contributed by atoms with E-state index in [4.69, 9.17) is 4.74 Å². The minimum absolute atomic E-state index is 0.00199. The number of halogens is 2.